The van der Waals surface area contributed by atoms with Gasteiger partial charge in [-0.05, 0) is 23.1 Å². The van der Waals surface area contributed by atoms with Crippen LogP contribution >= 0.6 is 0 Å². The molecule has 4 aliphatic heterocycles. The van der Waals surface area contributed by atoms with E-state index in [-0.39, 0.29) is 29.9 Å². The van der Waals surface area contributed by atoms with Crippen LogP contribution in [0, 0.1) is 11.8 Å². The minimum absolute atomic E-state index is 0.101. The van der Waals surface area contributed by atoms with Gasteiger partial charge in [0.1, 0.15) is 12.6 Å². The molecule has 2 N–H and O–H groups in total. The first-order valence-electron chi connectivity index (χ1n) is 10.3. The number of benzene rings is 1. The summed E-state index contributed by atoms with van der Waals surface area (Å²) in [5.74, 6) is -0.0746. The highest BCUT2D eigenvalue weighted by molar-refractivity contribution is 5.68. The maximum atomic E-state index is 11.6. The number of hydrogen-bond acceptors (Lipinski definition) is 3. The summed E-state index contributed by atoms with van der Waals surface area (Å²) in [5, 5.41) is 13.4. The number of piperidine rings is 1. The Labute approximate surface area is 159 Å². The van der Waals surface area contributed by atoms with Gasteiger partial charge in [0.15, 0.2) is 0 Å². The summed E-state index contributed by atoms with van der Waals surface area (Å²) < 4.78 is 7.30. The first-order valence-corrected chi connectivity index (χ1v) is 10.3. The largest absolute Gasteiger partial charge is 0.481 e. The average Bonchev–Trinajstić information content (AvgIpc) is 3.08. The van der Waals surface area contributed by atoms with Crippen LogP contribution in [0.4, 0.5) is 5.69 Å². The van der Waals surface area contributed by atoms with E-state index >= 15 is 0 Å². The van der Waals surface area contributed by atoms with Crippen molar-refractivity contribution in [1.82, 2.24) is 0 Å². The minimum atomic E-state index is -0.752. The molecule has 1 aromatic rings. The molecule has 0 radical (unpaired) electrons. The Balaban J connectivity index is 1.55. The van der Waals surface area contributed by atoms with Gasteiger partial charge in [-0.3, -0.25) is 4.79 Å². The molecule has 5 nitrogen and oxygen atoms in total. The van der Waals surface area contributed by atoms with Crippen LogP contribution in [-0.2, 0) is 14.9 Å². The van der Waals surface area contributed by atoms with E-state index in [2.05, 4.69) is 42.7 Å². The van der Waals surface area contributed by atoms with E-state index in [1.54, 1.807) is 0 Å². The van der Waals surface area contributed by atoms with Crippen LogP contribution < -0.4 is 5.32 Å². The number of carboxylic acid groups (broad SMARTS) is 1. The second kappa shape index (κ2) is 5.15. The Morgan fingerprint density at radius 1 is 1.41 bits per heavy atom. The molecule has 2 saturated heterocycles. The second-order valence-corrected chi connectivity index (χ2v) is 9.50. The Morgan fingerprint density at radius 2 is 2.26 bits per heavy atom. The third-order valence-corrected chi connectivity index (χ3v) is 8.49. The summed E-state index contributed by atoms with van der Waals surface area (Å²) in [6.45, 7) is 2.86. The lowest BCUT2D eigenvalue weighted by atomic mass is 9.54. The zero-order valence-corrected chi connectivity index (χ0v) is 15.7. The monoisotopic (exact) mass is 367 g/mol. The topological polar surface area (TPSA) is 58.6 Å². The first kappa shape index (κ1) is 16.1. The lowest BCUT2D eigenvalue weighted by molar-refractivity contribution is -0.924. The summed E-state index contributed by atoms with van der Waals surface area (Å²) >= 11 is 0. The normalized spacial score (nSPS) is 46.0. The van der Waals surface area contributed by atoms with E-state index in [4.69, 9.17) is 4.74 Å². The molecule has 7 atom stereocenters. The molecule has 2 bridgehead atoms. The van der Waals surface area contributed by atoms with Crippen molar-refractivity contribution in [3.05, 3.63) is 41.5 Å². The molecular formula is C22H27N2O3+. The van der Waals surface area contributed by atoms with Crippen LogP contribution in [0.3, 0.4) is 0 Å². The van der Waals surface area contributed by atoms with Gasteiger partial charge in [-0.25, -0.2) is 0 Å². The van der Waals surface area contributed by atoms with Gasteiger partial charge in [-0.15, -0.1) is 0 Å². The zero-order valence-electron chi connectivity index (χ0n) is 15.7. The van der Waals surface area contributed by atoms with Crippen molar-refractivity contribution < 1.29 is 19.1 Å². The van der Waals surface area contributed by atoms with Crippen LogP contribution in [-0.4, -0.2) is 60.5 Å². The number of rotatable bonds is 2. The fourth-order valence-electron chi connectivity index (χ4n) is 7.58. The van der Waals surface area contributed by atoms with Gasteiger partial charge in [-0.2, -0.15) is 0 Å². The summed E-state index contributed by atoms with van der Waals surface area (Å²) in [4.78, 5) is 11.6. The molecule has 0 amide bonds. The molecule has 142 valence electrons. The molecule has 5 aliphatic rings. The van der Waals surface area contributed by atoms with Crippen LogP contribution in [0.5, 0.6) is 0 Å². The van der Waals surface area contributed by atoms with Gasteiger partial charge in [0, 0.05) is 30.5 Å². The maximum absolute atomic E-state index is 11.6. The Hall–Kier alpha value is -1.85. The van der Waals surface area contributed by atoms with Gasteiger partial charge < -0.3 is 19.6 Å². The number of nitrogens with one attached hydrogen (secondary N) is 1. The van der Waals surface area contributed by atoms with Crippen molar-refractivity contribution in [2.24, 2.45) is 11.8 Å². The molecule has 0 unspecified atom stereocenters. The van der Waals surface area contributed by atoms with Crippen molar-refractivity contribution in [2.45, 2.75) is 42.9 Å². The Bertz CT molecular complexity index is 867. The third-order valence-electron chi connectivity index (χ3n) is 8.49. The van der Waals surface area contributed by atoms with Gasteiger partial charge >= 0.3 is 5.97 Å². The second-order valence-electron chi connectivity index (χ2n) is 9.50. The highest BCUT2D eigenvalue weighted by atomic mass is 16.5. The van der Waals surface area contributed by atoms with Crippen molar-refractivity contribution in [3.63, 3.8) is 0 Å². The van der Waals surface area contributed by atoms with Gasteiger partial charge in [0.25, 0.3) is 0 Å². The standard InChI is InChI=1S/C22H26N2O3/c1-24-8-7-22-15-4-2-3-5-16(15)23-21(22)20-14(10-18(22)24)13(12-24)6-9-27-17(20)11-19(25)26/h2-6,14,17-18,20-21,23H,7-12H2,1H3/p+1/t14-,17-,18-,20-,21-,22+,24+/m0/s1. The van der Waals surface area contributed by atoms with E-state index in [0.717, 1.165) is 11.0 Å². The quantitative estimate of drug-likeness (QED) is 0.623. The number of carbonyl (C=O) groups is 1. The van der Waals surface area contributed by atoms with E-state index in [1.807, 2.05) is 0 Å². The number of quaternary nitrogens is 1. The molecule has 5 heteroatoms. The highest BCUT2D eigenvalue weighted by Crippen LogP contribution is 2.64. The van der Waals surface area contributed by atoms with Crippen LogP contribution in [0.15, 0.2) is 35.9 Å². The van der Waals surface area contributed by atoms with Gasteiger partial charge in [0.05, 0.1) is 38.1 Å². The molecule has 4 heterocycles. The van der Waals surface area contributed by atoms with Crippen molar-refractivity contribution in [2.75, 3.05) is 32.1 Å². The number of fused-ring (bicyclic) bond motifs is 2. The Kier molecular flexibility index (Phi) is 3.08. The predicted octanol–water partition coefficient (Wildman–Crippen LogP) is 2.39. The summed E-state index contributed by atoms with van der Waals surface area (Å²) in [5.41, 5.74) is 4.35. The minimum Gasteiger partial charge on any atom is -0.481 e. The number of aliphatic carboxylic acids is 1. The van der Waals surface area contributed by atoms with Crippen molar-refractivity contribution in [1.29, 1.82) is 0 Å². The van der Waals surface area contributed by atoms with E-state index in [0.29, 0.717) is 18.6 Å². The number of anilines is 1. The van der Waals surface area contributed by atoms with E-state index < -0.39 is 5.97 Å². The molecule has 1 aromatic carbocycles. The SMILES string of the molecule is C[N@@+]12CC[C@]34c5ccccc5N[C@H]3[C@@H]3[C@H](CC(=O)O)OCC=C(C1)[C@@H]3C[C@@H]42. The number of nitrogens with zero attached hydrogens (tertiary/aromatic N) is 1. The summed E-state index contributed by atoms with van der Waals surface area (Å²) in [7, 11) is 2.44. The molecule has 1 aliphatic carbocycles. The van der Waals surface area contributed by atoms with Crippen LogP contribution in [0.1, 0.15) is 24.8 Å². The number of ether oxygens (including phenoxy) is 1. The number of likely N-dealkylation sites (N-methyl/N-ethyl adjacent to an activating group) is 1. The van der Waals surface area contributed by atoms with E-state index in [9.17, 15) is 9.90 Å². The van der Waals surface area contributed by atoms with E-state index in [1.165, 1.54) is 36.2 Å². The number of carboxylic acids is 1. The summed E-state index contributed by atoms with van der Waals surface area (Å²) in [6.07, 6.45) is 4.50. The van der Waals surface area contributed by atoms with Crippen molar-refractivity contribution in [3.8, 4) is 0 Å². The molecule has 6 rings (SSSR count). The number of hydrogen-bond donors (Lipinski definition) is 2. The molecule has 1 saturated carbocycles. The smallest absolute Gasteiger partial charge is 0.305 e. The fourth-order valence-corrected chi connectivity index (χ4v) is 7.58. The van der Waals surface area contributed by atoms with Crippen LogP contribution in [0.2, 0.25) is 0 Å². The predicted molar refractivity (Wildman–Crippen MR) is 102 cm³/mol. The molecule has 27 heavy (non-hydrogen) atoms. The third kappa shape index (κ3) is 1.89. The first-order chi connectivity index (χ1) is 13.0. The molecular weight excluding hydrogens is 340 g/mol. The number of para-hydroxylation sites is 1. The Morgan fingerprint density at radius 3 is 3.11 bits per heavy atom. The van der Waals surface area contributed by atoms with Gasteiger partial charge in [0.2, 0.25) is 0 Å². The highest BCUT2D eigenvalue weighted by Gasteiger charge is 2.71. The van der Waals surface area contributed by atoms with Crippen LogP contribution in [0.25, 0.3) is 0 Å². The maximum Gasteiger partial charge on any atom is 0.305 e. The molecule has 1 spiro atoms. The fraction of sp³-hybridized carbons (Fsp3) is 0.591. The molecule has 3 fully saturated rings. The molecule has 0 aromatic heterocycles. The lowest BCUT2D eigenvalue weighted by Gasteiger charge is -2.57. The average molecular weight is 367 g/mol. The lowest BCUT2D eigenvalue weighted by Crippen LogP contribution is -2.68. The van der Waals surface area contributed by atoms with Gasteiger partial charge in [-0.1, -0.05) is 24.3 Å². The zero-order chi connectivity index (χ0) is 18.4. The summed E-state index contributed by atoms with van der Waals surface area (Å²) in [6, 6.07) is 9.67. The van der Waals surface area contributed by atoms with Crippen molar-refractivity contribution >= 4 is 11.7 Å².